The lowest BCUT2D eigenvalue weighted by Crippen LogP contribution is -2.46. The zero-order valence-corrected chi connectivity index (χ0v) is 12.3. The van der Waals surface area contributed by atoms with Crippen LogP contribution in [0.4, 0.5) is 22.7 Å². The molecule has 0 bridgehead atoms. The van der Waals surface area contributed by atoms with Crippen LogP contribution in [0.15, 0.2) is 30.6 Å². The first-order valence-electron chi connectivity index (χ1n) is 7.07. The molecule has 0 saturated carbocycles. The van der Waals surface area contributed by atoms with Crippen LogP contribution in [0, 0.1) is 10.1 Å². The summed E-state index contributed by atoms with van der Waals surface area (Å²) in [5.74, 6) is 0. The molecule has 1 fully saturated rings. The summed E-state index contributed by atoms with van der Waals surface area (Å²) in [7, 11) is 1.89. The van der Waals surface area contributed by atoms with Gasteiger partial charge in [0.2, 0.25) is 0 Å². The number of nitro groups is 1. The van der Waals surface area contributed by atoms with Gasteiger partial charge >= 0.3 is 0 Å². The summed E-state index contributed by atoms with van der Waals surface area (Å²) >= 11 is 0. The van der Waals surface area contributed by atoms with Crippen molar-refractivity contribution >= 4 is 22.7 Å². The molecular formula is C14H18N6O2. The Balaban J connectivity index is 1.75. The van der Waals surface area contributed by atoms with Gasteiger partial charge in [0, 0.05) is 51.2 Å². The predicted molar refractivity (Wildman–Crippen MR) is 85.1 cm³/mol. The van der Waals surface area contributed by atoms with E-state index >= 15 is 0 Å². The molecule has 1 aliphatic rings. The first-order chi connectivity index (χ1) is 10.5. The van der Waals surface area contributed by atoms with Gasteiger partial charge in [-0.05, 0) is 12.1 Å². The molecule has 1 aliphatic heterocycles. The molecule has 2 N–H and O–H groups in total. The molecule has 0 aliphatic carbocycles. The second-order valence-electron chi connectivity index (χ2n) is 5.35. The third-order valence-corrected chi connectivity index (χ3v) is 3.87. The maximum Gasteiger partial charge on any atom is 0.294 e. The fourth-order valence-electron chi connectivity index (χ4n) is 2.73. The van der Waals surface area contributed by atoms with Crippen molar-refractivity contribution in [2.75, 3.05) is 41.7 Å². The van der Waals surface area contributed by atoms with E-state index in [1.165, 1.54) is 6.07 Å². The van der Waals surface area contributed by atoms with Crippen molar-refractivity contribution in [3.8, 4) is 0 Å². The lowest BCUT2D eigenvalue weighted by atomic mass is 10.2. The van der Waals surface area contributed by atoms with E-state index in [-0.39, 0.29) is 10.6 Å². The van der Waals surface area contributed by atoms with E-state index in [1.807, 2.05) is 24.3 Å². The first kappa shape index (κ1) is 14.2. The Kier molecular flexibility index (Phi) is 3.58. The third kappa shape index (κ3) is 2.67. The number of nitro benzene ring substituents is 1. The van der Waals surface area contributed by atoms with E-state index in [4.69, 9.17) is 5.73 Å². The molecule has 0 radical (unpaired) electrons. The highest BCUT2D eigenvalue weighted by Gasteiger charge is 2.24. The largest absolute Gasteiger partial charge is 0.399 e. The van der Waals surface area contributed by atoms with Gasteiger partial charge in [0.15, 0.2) is 0 Å². The summed E-state index contributed by atoms with van der Waals surface area (Å²) in [5, 5.41) is 15.4. The van der Waals surface area contributed by atoms with Crippen LogP contribution in [0.5, 0.6) is 0 Å². The van der Waals surface area contributed by atoms with Crippen LogP contribution < -0.4 is 15.5 Å². The molecule has 8 heteroatoms. The number of aryl methyl sites for hydroxylation is 1. The van der Waals surface area contributed by atoms with Gasteiger partial charge in [-0.2, -0.15) is 5.10 Å². The Hall–Kier alpha value is -2.77. The summed E-state index contributed by atoms with van der Waals surface area (Å²) in [6, 6.07) is 4.85. The summed E-state index contributed by atoms with van der Waals surface area (Å²) in [6.45, 7) is 3.04. The van der Waals surface area contributed by atoms with Crippen molar-refractivity contribution in [3.63, 3.8) is 0 Å². The van der Waals surface area contributed by atoms with E-state index in [0.29, 0.717) is 11.4 Å². The summed E-state index contributed by atoms with van der Waals surface area (Å²) in [6.07, 6.45) is 3.81. The molecule has 8 nitrogen and oxygen atoms in total. The van der Waals surface area contributed by atoms with Crippen LogP contribution in [0.1, 0.15) is 0 Å². The number of anilines is 3. The smallest absolute Gasteiger partial charge is 0.294 e. The van der Waals surface area contributed by atoms with E-state index in [2.05, 4.69) is 10.00 Å². The number of nitrogens with zero attached hydrogens (tertiary/aromatic N) is 5. The van der Waals surface area contributed by atoms with Crippen molar-refractivity contribution in [2.45, 2.75) is 0 Å². The maximum absolute atomic E-state index is 11.2. The van der Waals surface area contributed by atoms with Crippen molar-refractivity contribution < 1.29 is 4.92 Å². The van der Waals surface area contributed by atoms with E-state index in [9.17, 15) is 10.1 Å². The molecule has 0 unspecified atom stereocenters. The van der Waals surface area contributed by atoms with Crippen molar-refractivity contribution in [2.24, 2.45) is 7.05 Å². The van der Waals surface area contributed by atoms with Crippen LogP contribution >= 0.6 is 0 Å². The minimum absolute atomic E-state index is 0.0647. The van der Waals surface area contributed by atoms with Crippen molar-refractivity contribution in [1.29, 1.82) is 0 Å². The number of hydrogen-bond donors (Lipinski definition) is 1. The normalized spacial score (nSPS) is 15.1. The van der Waals surface area contributed by atoms with Crippen molar-refractivity contribution in [1.82, 2.24) is 9.78 Å². The number of benzene rings is 1. The molecule has 116 valence electrons. The highest BCUT2D eigenvalue weighted by Crippen LogP contribution is 2.31. The predicted octanol–water partition coefficient (Wildman–Crippen LogP) is 1.24. The second kappa shape index (κ2) is 5.55. The number of hydrogen-bond acceptors (Lipinski definition) is 6. The SMILES string of the molecule is Cn1cc(N2CCN(c3ccc(N)cc3[N+](=O)[O-])CC2)cn1. The number of nitrogen functional groups attached to an aromatic ring is 1. The van der Waals surface area contributed by atoms with E-state index in [1.54, 1.807) is 16.8 Å². The second-order valence-corrected chi connectivity index (χ2v) is 5.35. The fourth-order valence-corrected chi connectivity index (χ4v) is 2.73. The van der Waals surface area contributed by atoms with Crippen molar-refractivity contribution in [3.05, 3.63) is 40.7 Å². The fraction of sp³-hybridized carbons (Fsp3) is 0.357. The highest BCUT2D eigenvalue weighted by atomic mass is 16.6. The first-order valence-corrected chi connectivity index (χ1v) is 7.07. The monoisotopic (exact) mass is 302 g/mol. The molecule has 0 atom stereocenters. The average molecular weight is 302 g/mol. The number of piperazine rings is 1. The van der Waals surface area contributed by atoms with Crippen LogP contribution in [-0.4, -0.2) is 40.9 Å². The molecule has 3 rings (SSSR count). The molecule has 0 spiro atoms. The summed E-state index contributed by atoms with van der Waals surface area (Å²) < 4.78 is 1.77. The average Bonchev–Trinajstić information content (AvgIpc) is 2.94. The molecule has 1 saturated heterocycles. The van der Waals surface area contributed by atoms with Gasteiger partial charge in [0.25, 0.3) is 5.69 Å². The molecule has 22 heavy (non-hydrogen) atoms. The van der Waals surface area contributed by atoms with Gasteiger partial charge in [-0.15, -0.1) is 0 Å². The third-order valence-electron chi connectivity index (χ3n) is 3.87. The van der Waals surface area contributed by atoms with E-state index in [0.717, 1.165) is 31.9 Å². The van der Waals surface area contributed by atoms with Gasteiger partial charge in [0.05, 0.1) is 16.8 Å². The van der Waals surface area contributed by atoms with Crippen LogP contribution in [0.25, 0.3) is 0 Å². The van der Waals surface area contributed by atoms with Crippen LogP contribution in [0.2, 0.25) is 0 Å². The lowest BCUT2D eigenvalue weighted by molar-refractivity contribution is -0.384. The van der Waals surface area contributed by atoms with Crippen LogP contribution in [0.3, 0.4) is 0 Å². The Morgan fingerprint density at radius 1 is 1.23 bits per heavy atom. The molecule has 2 aromatic rings. The summed E-state index contributed by atoms with van der Waals surface area (Å²) in [4.78, 5) is 15.1. The highest BCUT2D eigenvalue weighted by molar-refractivity contribution is 5.68. The quantitative estimate of drug-likeness (QED) is 0.521. The molecule has 0 amide bonds. The Morgan fingerprint density at radius 3 is 2.50 bits per heavy atom. The Labute approximate surface area is 127 Å². The maximum atomic E-state index is 11.2. The Morgan fingerprint density at radius 2 is 1.91 bits per heavy atom. The lowest BCUT2D eigenvalue weighted by Gasteiger charge is -2.36. The minimum Gasteiger partial charge on any atom is -0.399 e. The number of nitrogens with two attached hydrogens (primary N) is 1. The minimum atomic E-state index is -0.376. The molecule has 1 aromatic carbocycles. The molecular weight excluding hydrogens is 284 g/mol. The van der Waals surface area contributed by atoms with E-state index < -0.39 is 0 Å². The zero-order valence-electron chi connectivity index (χ0n) is 12.3. The van der Waals surface area contributed by atoms with Crippen LogP contribution in [-0.2, 0) is 7.05 Å². The summed E-state index contributed by atoms with van der Waals surface area (Å²) in [5.41, 5.74) is 7.83. The standard InChI is InChI=1S/C14H18N6O2/c1-17-10-12(9-16-17)18-4-6-19(7-5-18)13-3-2-11(15)8-14(13)20(21)22/h2-3,8-10H,4-7,15H2,1H3. The number of aromatic nitrogens is 2. The van der Waals surface area contributed by atoms with Gasteiger partial charge in [-0.3, -0.25) is 14.8 Å². The Bertz CT molecular complexity index is 690. The topological polar surface area (TPSA) is 93.5 Å². The molecule has 2 heterocycles. The van der Waals surface area contributed by atoms with Gasteiger partial charge in [0.1, 0.15) is 5.69 Å². The number of rotatable bonds is 3. The van der Waals surface area contributed by atoms with Gasteiger partial charge in [-0.1, -0.05) is 0 Å². The van der Waals surface area contributed by atoms with Gasteiger partial charge in [-0.25, -0.2) is 0 Å². The van der Waals surface area contributed by atoms with Gasteiger partial charge < -0.3 is 15.5 Å². The zero-order chi connectivity index (χ0) is 15.7. The molecule has 1 aromatic heterocycles.